The summed E-state index contributed by atoms with van der Waals surface area (Å²) in [5.74, 6) is 2.08. The first-order valence-corrected chi connectivity index (χ1v) is 7.29. The van der Waals surface area contributed by atoms with Crippen molar-refractivity contribution in [2.75, 3.05) is 20.2 Å². The second-order valence-corrected chi connectivity index (χ2v) is 5.52. The molecule has 5 heteroatoms. The molecule has 0 spiro atoms. The minimum atomic E-state index is -0.336. The molecular formula is C14H25N3O2. The van der Waals surface area contributed by atoms with Crippen molar-refractivity contribution in [1.29, 1.82) is 0 Å². The van der Waals surface area contributed by atoms with E-state index in [2.05, 4.69) is 29.3 Å². The van der Waals surface area contributed by atoms with E-state index >= 15 is 0 Å². The van der Waals surface area contributed by atoms with Crippen LogP contribution in [-0.4, -0.2) is 30.3 Å². The van der Waals surface area contributed by atoms with Gasteiger partial charge in [0.1, 0.15) is 5.60 Å². The second kappa shape index (κ2) is 6.48. The van der Waals surface area contributed by atoms with E-state index in [1.165, 1.54) is 6.42 Å². The van der Waals surface area contributed by atoms with Gasteiger partial charge in [-0.15, -0.1) is 0 Å². The molecule has 0 aliphatic heterocycles. The monoisotopic (exact) mass is 267 g/mol. The Morgan fingerprint density at radius 1 is 1.53 bits per heavy atom. The molecule has 1 saturated carbocycles. The van der Waals surface area contributed by atoms with Crippen LogP contribution in [0.15, 0.2) is 4.52 Å². The van der Waals surface area contributed by atoms with Crippen LogP contribution in [0.1, 0.15) is 51.2 Å². The highest BCUT2D eigenvalue weighted by atomic mass is 16.5. The zero-order valence-corrected chi connectivity index (χ0v) is 12.2. The van der Waals surface area contributed by atoms with Gasteiger partial charge >= 0.3 is 0 Å². The summed E-state index contributed by atoms with van der Waals surface area (Å²) in [6, 6.07) is 0. The number of likely N-dealkylation sites (N-methyl/N-ethyl adjacent to an activating group) is 1. The summed E-state index contributed by atoms with van der Waals surface area (Å²) >= 11 is 0. The molecule has 1 aliphatic rings. The fourth-order valence-electron chi connectivity index (χ4n) is 2.90. The molecule has 5 nitrogen and oxygen atoms in total. The predicted octanol–water partition coefficient (Wildman–Crippen LogP) is 2.27. The fraction of sp³-hybridized carbons (Fsp3) is 0.857. The number of rotatable bonds is 6. The number of hydrogen-bond donors (Lipinski definition) is 1. The molecule has 1 aliphatic carbocycles. The van der Waals surface area contributed by atoms with Gasteiger partial charge in [0, 0.05) is 20.1 Å². The highest BCUT2D eigenvalue weighted by molar-refractivity contribution is 5.04. The molecule has 108 valence electrons. The minimum absolute atomic E-state index is 0.336. The summed E-state index contributed by atoms with van der Waals surface area (Å²) in [5, 5.41) is 7.41. The molecule has 2 rings (SSSR count). The summed E-state index contributed by atoms with van der Waals surface area (Å²) in [7, 11) is 1.76. The molecule has 0 amide bonds. The van der Waals surface area contributed by atoms with Crippen molar-refractivity contribution in [1.82, 2.24) is 15.5 Å². The van der Waals surface area contributed by atoms with Crippen molar-refractivity contribution in [3.05, 3.63) is 11.7 Å². The maximum absolute atomic E-state index is 5.77. The first kappa shape index (κ1) is 14.5. The molecular weight excluding hydrogens is 242 g/mol. The van der Waals surface area contributed by atoms with E-state index in [-0.39, 0.29) is 5.60 Å². The Bertz CT molecular complexity index is 394. The molecule has 1 heterocycles. The highest BCUT2D eigenvalue weighted by Crippen LogP contribution is 2.41. The Hall–Kier alpha value is -0.940. The van der Waals surface area contributed by atoms with Crippen LogP contribution in [-0.2, 0) is 16.8 Å². The van der Waals surface area contributed by atoms with Crippen LogP contribution in [0.4, 0.5) is 0 Å². The predicted molar refractivity (Wildman–Crippen MR) is 72.9 cm³/mol. The van der Waals surface area contributed by atoms with Crippen molar-refractivity contribution >= 4 is 0 Å². The van der Waals surface area contributed by atoms with Crippen LogP contribution in [0.3, 0.4) is 0 Å². The fourth-order valence-corrected chi connectivity index (χ4v) is 2.90. The molecule has 1 N–H and O–H groups in total. The van der Waals surface area contributed by atoms with Gasteiger partial charge in [-0.05, 0) is 31.7 Å². The first-order valence-electron chi connectivity index (χ1n) is 7.29. The van der Waals surface area contributed by atoms with Crippen molar-refractivity contribution in [2.24, 2.45) is 5.92 Å². The Kier molecular flexibility index (Phi) is 4.93. The Balaban J connectivity index is 2.06. The number of nitrogens with zero attached hydrogens (tertiary/aromatic N) is 2. The van der Waals surface area contributed by atoms with Gasteiger partial charge in [-0.1, -0.05) is 25.4 Å². The average Bonchev–Trinajstić information content (AvgIpc) is 2.88. The number of methoxy groups -OCH3 is 1. The van der Waals surface area contributed by atoms with Crippen LogP contribution in [0, 0.1) is 5.92 Å². The molecule has 0 bridgehead atoms. The van der Waals surface area contributed by atoms with E-state index < -0.39 is 0 Å². The van der Waals surface area contributed by atoms with E-state index in [1.54, 1.807) is 7.11 Å². The summed E-state index contributed by atoms with van der Waals surface area (Å²) in [4.78, 5) is 4.54. The summed E-state index contributed by atoms with van der Waals surface area (Å²) in [6.07, 6.45) is 5.17. The maximum Gasteiger partial charge on any atom is 0.228 e. The van der Waals surface area contributed by atoms with E-state index in [1.807, 2.05) is 0 Å². The molecule has 0 aromatic carbocycles. The van der Waals surface area contributed by atoms with Gasteiger partial charge in [-0.2, -0.15) is 4.98 Å². The standard InChI is InChI=1S/C14H25N3O2/c1-4-15-9-7-12-16-13(17-19-12)14(18-3)8-5-6-11(2)10-14/h11,15H,4-10H2,1-3H3. The smallest absolute Gasteiger partial charge is 0.228 e. The van der Waals surface area contributed by atoms with Crippen LogP contribution < -0.4 is 5.32 Å². The second-order valence-electron chi connectivity index (χ2n) is 5.52. The summed E-state index contributed by atoms with van der Waals surface area (Å²) in [5.41, 5.74) is -0.336. The van der Waals surface area contributed by atoms with E-state index in [0.717, 1.165) is 44.6 Å². The lowest BCUT2D eigenvalue weighted by molar-refractivity contribution is -0.0658. The lowest BCUT2D eigenvalue weighted by Gasteiger charge is -2.36. The van der Waals surface area contributed by atoms with E-state index in [9.17, 15) is 0 Å². The number of hydrogen-bond acceptors (Lipinski definition) is 5. The molecule has 1 aromatic heterocycles. The Morgan fingerprint density at radius 2 is 2.37 bits per heavy atom. The van der Waals surface area contributed by atoms with E-state index in [4.69, 9.17) is 9.26 Å². The van der Waals surface area contributed by atoms with Gasteiger partial charge in [0.15, 0.2) is 0 Å². The lowest BCUT2D eigenvalue weighted by atomic mass is 9.78. The van der Waals surface area contributed by atoms with Crippen molar-refractivity contribution < 1.29 is 9.26 Å². The maximum atomic E-state index is 5.77. The quantitative estimate of drug-likeness (QED) is 0.801. The molecule has 19 heavy (non-hydrogen) atoms. The van der Waals surface area contributed by atoms with Gasteiger partial charge < -0.3 is 14.6 Å². The number of aromatic nitrogens is 2. The van der Waals surface area contributed by atoms with Crippen molar-refractivity contribution in [2.45, 2.75) is 51.6 Å². The van der Waals surface area contributed by atoms with Crippen molar-refractivity contribution in [3.63, 3.8) is 0 Å². The number of nitrogens with one attached hydrogen (secondary N) is 1. The first-order chi connectivity index (χ1) is 9.20. The zero-order chi connectivity index (χ0) is 13.7. The van der Waals surface area contributed by atoms with Gasteiger partial charge in [0.05, 0.1) is 0 Å². The molecule has 2 atom stereocenters. The Morgan fingerprint density at radius 3 is 3.05 bits per heavy atom. The Labute approximate surface area is 115 Å². The zero-order valence-electron chi connectivity index (χ0n) is 12.2. The van der Waals surface area contributed by atoms with Gasteiger partial charge in [0.2, 0.25) is 11.7 Å². The minimum Gasteiger partial charge on any atom is -0.370 e. The molecule has 1 fully saturated rings. The molecule has 1 aromatic rings. The largest absolute Gasteiger partial charge is 0.370 e. The van der Waals surface area contributed by atoms with Gasteiger partial charge in [-0.25, -0.2) is 0 Å². The molecule has 0 saturated heterocycles. The summed E-state index contributed by atoms with van der Waals surface area (Å²) in [6.45, 7) is 6.18. The normalized spacial score (nSPS) is 27.6. The lowest BCUT2D eigenvalue weighted by Crippen LogP contribution is -2.35. The third-order valence-corrected chi connectivity index (χ3v) is 3.99. The highest BCUT2D eigenvalue weighted by Gasteiger charge is 2.40. The third-order valence-electron chi connectivity index (χ3n) is 3.99. The van der Waals surface area contributed by atoms with Crippen LogP contribution in [0.5, 0.6) is 0 Å². The van der Waals surface area contributed by atoms with E-state index in [0.29, 0.717) is 11.8 Å². The van der Waals surface area contributed by atoms with Crippen LogP contribution in [0.2, 0.25) is 0 Å². The van der Waals surface area contributed by atoms with Gasteiger partial charge in [0.25, 0.3) is 0 Å². The van der Waals surface area contributed by atoms with Crippen LogP contribution >= 0.6 is 0 Å². The van der Waals surface area contributed by atoms with Crippen molar-refractivity contribution in [3.8, 4) is 0 Å². The average molecular weight is 267 g/mol. The summed E-state index contributed by atoms with van der Waals surface area (Å²) < 4.78 is 11.1. The topological polar surface area (TPSA) is 60.2 Å². The molecule has 0 radical (unpaired) electrons. The number of ether oxygens (including phenoxy) is 1. The molecule has 2 unspecified atom stereocenters. The van der Waals surface area contributed by atoms with Gasteiger partial charge in [-0.3, -0.25) is 0 Å². The third kappa shape index (κ3) is 3.34. The SMILES string of the molecule is CCNCCc1nc(C2(OC)CCCC(C)C2)no1. The van der Waals surface area contributed by atoms with Crippen LogP contribution in [0.25, 0.3) is 0 Å².